The van der Waals surface area contributed by atoms with E-state index in [2.05, 4.69) is 30.9 Å². The Hall–Kier alpha value is -2.58. The fourth-order valence-electron chi connectivity index (χ4n) is 3.43. The van der Waals surface area contributed by atoms with Crippen molar-refractivity contribution < 1.29 is 17.9 Å². The number of carbonyl (C=O) groups excluding carboxylic acids is 1. The second-order valence-electron chi connectivity index (χ2n) is 6.91. The second-order valence-corrected chi connectivity index (χ2v) is 8.47. The van der Waals surface area contributed by atoms with Crippen LogP contribution in [-0.2, 0) is 10.0 Å². The molecule has 1 aliphatic heterocycles. The van der Waals surface area contributed by atoms with E-state index in [4.69, 9.17) is 9.88 Å². The Balaban J connectivity index is 1.79. The number of nitrogens with zero attached hydrogens (tertiary/aromatic N) is 2. The van der Waals surface area contributed by atoms with Gasteiger partial charge in [-0.2, -0.15) is 0 Å². The van der Waals surface area contributed by atoms with Crippen molar-refractivity contribution in [3.8, 4) is 5.75 Å². The second kappa shape index (κ2) is 7.81. The van der Waals surface area contributed by atoms with E-state index in [1.165, 1.54) is 42.1 Å². The summed E-state index contributed by atoms with van der Waals surface area (Å²) < 4.78 is 28.5. The number of benzene rings is 2. The Bertz CT molecular complexity index is 997. The molecule has 8 heteroatoms. The summed E-state index contributed by atoms with van der Waals surface area (Å²) in [6.45, 7) is 6.67. The fraction of sp³-hybridized carbons (Fsp3) is 0.350. The Morgan fingerprint density at radius 2 is 1.75 bits per heavy atom. The molecule has 28 heavy (non-hydrogen) atoms. The molecular weight excluding hydrogens is 378 g/mol. The van der Waals surface area contributed by atoms with Crippen LogP contribution in [0.5, 0.6) is 5.75 Å². The largest absolute Gasteiger partial charge is 0.496 e. The van der Waals surface area contributed by atoms with Crippen LogP contribution in [0.2, 0.25) is 0 Å². The van der Waals surface area contributed by atoms with E-state index in [1.54, 1.807) is 4.90 Å². The van der Waals surface area contributed by atoms with Gasteiger partial charge in [0.25, 0.3) is 5.91 Å². The van der Waals surface area contributed by atoms with Gasteiger partial charge in [0, 0.05) is 31.9 Å². The van der Waals surface area contributed by atoms with Crippen LogP contribution in [0.15, 0.2) is 41.3 Å². The lowest BCUT2D eigenvalue weighted by Crippen LogP contribution is -2.49. The molecule has 1 amide bonds. The molecule has 0 bridgehead atoms. The standard InChI is InChI=1S/C20H25N3O4S/c1-14-5-4-6-18(15(14)2)22-9-11-23(12-10-22)20(24)17-13-16(28(21,25)26)7-8-19(17)27-3/h4-8,13H,9-12H2,1-3H3,(H2,21,25,26). The van der Waals surface area contributed by atoms with Gasteiger partial charge in [-0.25, -0.2) is 13.6 Å². The minimum atomic E-state index is -3.90. The van der Waals surface area contributed by atoms with Crippen LogP contribution in [0, 0.1) is 13.8 Å². The summed E-state index contributed by atoms with van der Waals surface area (Å²) in [5, 5.41) is 5.20. The topological polar surface area (TPSA) is 92.9 Å². The number of rotatable bonds is 4. The van der Waals surface area contributed by atoms with Gasteiger partial charge >= 0.3 is 0 Å². The molecule has 0 atom stereocenters. The fourth-order valence-corrected chi connectivity index (χ4v) is 3.97. The van der Waals surface area contributed by atoms with Crippen molar-refractivity contribution in [1.82, 2.24) is 4.90 Å². The highest BCUT2D eigenvalue weighted by molar-refractivity contribution is 7.89. The normalized spacial score (nSPS) is 14.9. The van der Waals surface area contributed by atoms with Crippen LogP contribution in [0.1, 0.15) is 21.5 Å². The zero-order valence-corrected chi connectivity index (χ0v) is 17.1. The van der Waals surface area contributed by atoms with Gasteiger partial charge in [-0.15, -0.1) is 0 Å². The van der Waals surface area contributed by atoms with Crippen LogP contribution < -0.4 is 14.8 Å². The lowest BCUT2D eigenvalue weighted by molar-refractivity contribution is 0.0743. The summed E-state index contributed by atoms with van der Waals surface area (Å²) in [7, 11) is -2.46. The molecular formula is C20H25N3O4S. The van der Waals surface area contributed by atoms with Crippen molar-refractivity contribution in [2.24, 2.45) is 5.14 Å². The van der Waals surface area contributed by atoms with Gasteiger partial charge in [0.1, 0.15) is 5.75 Å². The highest BCUT2D eigenvalue weighted by Crippen LogP contribution is 2.26. The van der Waals surface area contributed by atoms with Gasteiger partial charge in [-0.1, -0.05) is 12.1 Å². The Morgan fingerprint density at radius 3 is 2.36 bits per heavy atom. The number of nitrogens with two attached hydrogens (primary N) is 1. The molecule has 0 radical (unpaired) electrons. The van der Waals surface area contributed by atoms with Crippen molar-refractivity contribution >= 4 is 21.6 Å². The number of aryl methyl sites for hydroxylation is 1. The lowest BCUT2D eigenvalue weighted by Gasteiger charge is -2.37. The van der Waals surface area contributed by atoms with Crippen molar-refractivity contribution in [2.75, 3.05) is 38.2 Å². The van der Waals surface area contributed by atoms with Crippen LogP contribution in [0.3, 0.4) is 0 Å². The molecule has 2 aromatic rings. The van der Waals surface area contributed by atoms with Gasteiger partial charge in [-0.3, -0.25) is 4.79 Å². The molecule has 7 nitrogen and oxygen atoms in total. The first-order valence-corrected chi connectivity index (χ1v) is 10.6. The average Bonchev–Trinajstić information content (AvgIpc) is 2.68. The number of primary sulfonamides is 1. The summed E-state index contributed by atoms with van der Waals surface area (Å²) >= 11 is 0. The Morgan fingerprint density at radius 1 is 1.07 bits per heavy atom. The molecule has 1 aliphatic rings. The molecule has 0 unspecified atom stereocenters. The Kier molecular flexibility index (Phi) is 5.62. The van der Waals surface area contributed by atoms with Crippen molar-refractivity contribution in [3.63, 3.8) is 0 Å². The first kappa shape index (κ1) is 20.2. The quantitative estimate of drug-likeness (QED) is 0.842. The van der Waals surface area contributed by atoms with Gasteiger partial charge in [0.2, 0.25) is 10.0 Å². The average molecular weight is 404 g/mol. The number of anilines is 1. The van der Waals surface area contributed by atoms with E-state index in [1.807, 2.05) is 6.07 Å². The third-order valence-electron chi connectivity index (χ3n) is 5.21. The highest BCUT2D eigenvalue weighted by atomic mass is 32.2. The van der Waals surface area contributed by atoms with Crippen LogP contribution in [0.25, 0.3) is 0 Å². The van der Waals surface area contributed by atoms with Gasteiger partial charge in [-0.05, 0) is 49.2 Å². The Labute approximate surface area is 165 Å². The van der Waals surface area contributed by atoms with E-state index in [9.17, 15) is 13.2 Å². The maximum Gasteiger partial charge on any atom is 0.257 e. The number of sulfonamides is 1. The van der Waals surface area contributed by atoms with E-state index >= 15 is 0 Å². The van der Waals surface area contributed by atoms with Gasteiger partial charge in [0.05, 0.1) is 17.6 Å². The summed E-state index contributed by atoms with van der Waals surface area (Å²) in [5.74, 6) is 0.0670. The molecule has 1 heterocycles. The SMILES string of the molecule is COc1ccc(S(N)(=O)=O)cc1C(=O)N1CCN(c2cccc(C)c2C)CC1. The smallest absolute Gasteiger partial charge is 0.257 e. The van der Waals surface area contributed by atoms with E-state index in [0.717, 1.165) is 0 Å². The molecule has 0 spiro atoms. The summed E-state index contributed by atoms with van der Waals surface area (Å²) in [4.78, 5) is 16.9. The minimum absolute atomic E-state index is 0.106. The molecule has 1 fully saturated rings. The lowest BCUT2D eigenvalue weighted by atomic mass is 10.1. The van der Waals surface area contributed by atoms with Crippen LogP contribution >= 0.6 is 0 Å². The molecule has 3 rings (SSSR count). The minimum Gasteiger partial charge on any atom is -0.496 e. The zero-order chi connectivity index (χ0) is 20.5. The summed E-state index contributed by atoms with van der Waals surface area (Å²) in [6, 6.07) is 10.3. The maximum atomic E-state index is 13.0. The van der Waals surface area contributed by atoms with Crippen molar-refractivity contribution in [3.05, 3.63) is 53.1 Å². The summed E-state index contributed by atoms with van der Waals surface area (Å²) in [6.07, 6.45) is 0. The third kappa shape index (κ3) is 3.98. The third-order valence-corrected chi connectivity index (χ3v) is 6.12. The molecule has 0 saturated carbocycles. The van der Waals surface area contributed by atoms with Crippen LogP contribution in [0.4, 0.5) is 5.69 Å². The molecule has 0 aromatic heterocycles. The number of ether oxygens (including phenoxy) is 1. The predicted molar refractivity (Wildman–Crippen MR) is 108 cm³/mol. The van der Waals surface area contributed by atoms with Crippen molar-refractivity contribution in [2.45, 2.75) is 18.7 Å². The number of hydrogen-bond donors (Lipinski definition) is 1. The molecule has 2 aromatic carbocycles. The number of piperazine rings is 1. The monoisotopic (exact) mass is 403 g/mol. The zero-order valence-electron chi connectivity index (χ0n) is 16.3. The van der Waals surface area contributed by atoms with Gasteiger partial charge in [0.15, 0.2) is 0 Å². The number of methoxy groups -OCH3 is 1. The summed E-state index contributed by atoms with van der Waals surface area (Å²) in [5.41, 5.74) is 3.86. The highest BCUT2D eigenvalue weighted by Gasteiger charge is 2.26. The molecule has 2 N–H and O–H groups in total. The van der Waals surface area contributed by atoms with Gasteiger partial charge < -0.3 is 14.5 Å². The number of hydrogen-bond acceptors (Lipinski definition) is 5. The first-order chi connectivity index (χ1) is 13.2. The first-order valence-electron chi connectivity index (χ1n) is 9.03. The van der Waals surface area contributed by atoms with Crippen molar-refractivity contribution in [1.29, 1.82) is 0 Å². The maximum absolute atomic E-state index is 13.0. The van der Waals surface area contributed by atoms with E-state index in [-0.39, 0.29) is 16.4 Å². The number of amides is 1. The van der Waals surface area contributed by atoms with E-state index in [0.29, 0.717) is 31.9 Å². The van der Waals surface area contributed by atoms with E-state index < -0.39 is 10.0 Å². The van der Waals surface area contributed by atoms with Crippen LogP contribution in [-0.4, -0.2) is 52.5 Å². The molecule has 1 saturated heterocycles. The molecule has 150 valence electrons. The number of carbonyl (C=O) groups is 1. The predicted octanol–water partition coefficient (Wildman–Crippen LogP) is 1.92. The molecule has 0 aliphatic carbocycles.